The Morgan fingerprint density at radius 3 is 2.62 bits per heavy atom. The van der Waals surface area contributed by atoms with Gasteiger partial charge in [-0.1, -0.05) is 6.07 Å². The van der Waals surface area contributed by atoms with Crippen LogP contribution in [0.4, 0.5) is 5.69 Å². The van der Waals surface area contributed by atoms with Crippen molar-refractivity contribution in [3.63, 3.8) is 0 Å². The van der Waals surface area contributed by atoms with Gasteiger partial charge >= 0.3 is 0 Å². The maximum atomic E-state index is 8.65. The van der Waals surface area contributed by atoms with Gasteiger partial charge < -0.3 is 10.2 Å². The molecule has 2 aromatic rings. The summed E-state index contributed by atoms with van der Waals surface area (Å²) in [6.07, 6.45) is 2.75. The van der Waals surface area contributed by atoms with Gasteiger partial charge in [0.05, 0.1) is 6.54 Å². The molecule has 1 fully saturated rings. The lowest BCUT2D eigenvalue weighted by Gasteiger charge is -2.32. The fourth-order valence-corrected chi connectivity index (χ4v) is 3.95. The summed E-state index contributed by atoms with van der Waals surface area (Å²) >= 11 is 0. The summed E-state index contributed by atoms with van der Waals surface area (Å²) in [5.74, 6) is 1.44. The Morgan fingerprint density at radius 2 is 1.90 bits per heavy atom. The molecule has 2 aliphatic heterocycles. The lowest BCUT2D eigenvalue weighted by molar-refractivity contribution is 0.169. The van der Waals surface area contributed by atoms with E-state index >= 15 is 0 Å². The molecule has 0 bridgehead atoms. The first-order valence-electron chi connectivity index (χ1n) is 10.1. The molecular weight excluding hydrogens is 362 g/mol. The molecule has 3 heterocycles. The Kier molecular flexibility index (Phi) is 5.34. The van der Waals surface area contributed by atoms with Crippen molar-refractivity contribution in [3.8, 4) is 11.1 Å². The number of anilines is 1. The van der Waals surface area contributed by atoms with E-state index in [0.717, 1.165) is 60.8 Å². The Labute approximate surface area is 171 Å². The molecule has 0 spiro atoms. The van der Waals surface area contributed by atoms with E-state index in [1.54, 1.807) is 11.6 Å². The number of aromatic nitrogens is 1. The lowest BCUT2D eigenvalue weighted by Crippen LogP contribution is -2.47. The standard InChI is InChI=1S/C22H29N7/c1-15-10-18(16-4-5-19-17(11-16)12-21(25-2)26-19)13-29(22(15)24)20(23)14-28-8-6-27(3)7-9-28/h4-5,10-11,13,23-24H,6-9,12,14H2,1-3H3,(H,25,26). The number of piperazine rings is 1. The molecule has 0 radical (unpaired) electrons. The molecule has 7 heteroatoms. The zero-order valence-electron chi connectivity index (χ0n) is 17.4. The van der Waals surface area contributed by atoms with Crippen LogP contribution in [-0.4, -0.2) is 72.9 Å². The minimum absolute atomic E-state index is 0.385. The number of aliphatic imine (C=N–C) groups is 1. The monoisotopic (exact) mass is 391 g/mol. The lowest BCUT2D eigenvalue weighted by atomic mass is 10.0. The number of likely N-dealkylation sites (N-methyl/N-ethyl adjacent to an activating group) is 1. The topological polar surface area (TPSA) is 83.5 Å². The summed E-state index contributed by atoms with van der Waals surface area (Å²) in [7, 11) is 3.94. The normalized spacial score (nSPS) is 18.7. The fourth-order valence-electron chi connectivity index (χ4n) is 3.95. The Bertz CT molecular complexity index is 1030. The van der Waals surface area contributed by atoms with Crippen LogP contribution in [0.3, 0.4) is 0 Å². The van der Waals surface area contributed by atoms with Gasteiger partial charge in [-0.15, -0.1) is 0 Å². The van der Waals surface area contributed by atoms with E-state index in [2.05, 4.69) is 45.4 Å². The highest BCUT2D eigenvalue weighted by Gasteiger charge is 2.18. The van der Waals surface area contributed by atoms with Crippen molar-refractivity contribution in [1.82, 2.24) is 14.4 Å². The maximum Gasteiger partial charge on any atom is 0.133 e. The number of amidine groups is 1. The quantitative estimate of drug-likeness (QED) is 0.553. The second-order valence-electron chi connectivity index (χ2n) is 8.00. The third kappa shape index (κ3) is 4.02. The molecule has 29 heavy (non-hydrogen) atoms. The van der Waals surface area contributed by atoms with Gasteiger partial charge in [0.1, 0.15) is 17.2 Å². The Balaban J connectivity index is 1.61. The summed E-state index contributed by atoms with van der Waals surface area (Å²) in [6, 6.07) is 8.41. The molecule has 3 N–H and O–H groups in total. The predicted molar refractivity (Wildman–Crippen MR) is 118 cm³/mol. The number of aryl methyl sites for hydroxylation is 1. The van der Waals surface area contributed by atoms with E-state index in [-0.39, 0.29) is 0 Å². The molecule has 1 aromatic carbocycles. The van der Waals surface area contributed by atoms with E-state index in [9.17, 15) is 0 Å². The van der Waals surface area contributed by atoms with Crippen molar-refractivity contribution in [1.29, 1.82) is 10.8 Å². The largest absolute Gasteiger partial charge is 0.344 e. The highest BCUT2D eigenvalue weighted by Crippen LogP contribution is 2.29. The molecule has 0 saturated carbocycles. The third-order valence-electron chi connectivity index (χ3n) is 5.86. The summed E-state index contributed by atoms with van der Waals surface area (Å²) in [5.41, 5.74) is 5.74. The zero-order valence-corrected chi connectivity index (χ0v) is 17.4. The SMILES string of the molecule is CN=C1Cc2cc(-c3cc(C)c(=N)n(C(=N)CN4CCN(C)CC4)c3)ccc2N1. The van der Waals surface area contributed by atoms with Crippen LogP contribution in [0.5, 0.6) is 0 Å². The van der Waals surface area contributed by atoms with Gasteiger partial charge in [-0.2, -0.15) is 0 Å². The van der Waals surface area contributed by atoms with Crippen molar-refractivity contribution in [3.05, 3.63) is 47.1 Å². The highest BCUT2D eigenvalue weighted by molar-refractivity contribution is 6.03. The molecule has 0 atom stereocenters. The smallest absolute Gasteiger partial charge is 0.133 e. The van der Waals surface area contributed by atoms with Gasteiger partial charge in [-0.05, 0) is 54.4 Å². The number of nitrogens with zero attached hydrogens (tertiary/aromatic N) is 4. The van der Waals surface area contributed by atoms with E-state index < -0.39 is 0 Å². The first-order chi connectivity index (χ1) is 13.9. The summed E-state index contributed by atoms with van der Waals surface area (Å²) in [6.45, 7) is 6.49. The minimum atomic E-state index is 0.385. The van der Waals surface area contributed by atoms with Crippen LogP contribution in [0.1, 0.15) is 11.1 Å². The van der Waals surface area contributed by atoms with Gasteiger partial charge in [0, 0.05) is 51.5 Å². The highest BCUT2D eigenvalue weighted by atomic mass is 15.3. The van der Waals surface area contributed by atoms with E-state index in [0.29, 0.717) is 17.9 Å². The van der Waals surface area contributed by atoms with Crippen LogP contribution in [0.2, 0.25) is 0 Å². The van der Waals surface area contributed by atoms with E-state index in [1.807, 2.05) is 19.2 Å². The molecule has 0 aliphatic carbocycles. The van der Waals surface area contributed by atoms with Gasteiger partial charge in [0.25, 0.3) is 0 Å². The fraction of sp³-hybridized carbons (Fsp3) is 0.409. The van der Waals surface area contributed by atoms with Gasteiger partial charge in [0.15, 0.2) is 0 Å². The molecule has 2 aliphatic rings. The molecule has 1 saturated heterocycles. The number of hydrogen-bond acceptors (Lipinski definition) is 5. The number of fused-ring (bicyclic) bond motifs is 1. The molecule has 152 valence electrons. The Morgan fingerprint density at radius 1 is 1.14 bits per heavy atom. The first kappa shape index (κ1) is 19.5. The van der Waals surface area contributed by atoms with Crippen molar-refractivity contribution < 1.29 is 0 Å². The van der Waals surface area contributed by atoms with Gasteiger partial charge in [-0.25, -0.2) is 0 Å². The molecule has 0 unspecified atom stereocenters. The number of hydrogen-bond donors (Lipinski definition) is 3. The average Bonchev–Trinajstić information content (AvgIpc) is 3.14. The van der Waals surface area contributed by atoms with Crippen LogP contribution in [0, 0.1) is 17.7 Å². The molecule has 7 nitrogen and oxygen atoms in total. The van der Waals surface area contributed by atoms with E-state index in [1.165, 1.54) is 5.56 Å². The van der Waals surface area contributed by atoms with Crippen molar-refractivity contribution in [2.45, 2.75) is 13.3 Å². The second kappa shape index (κ2) is 7.93. The minimum Gasteiger partial charge on any atom is -0.344 e. The van der Waals surface area contributed by atoms with Crippen LogP contribution < -0.4 is 10.8 Å². The number of pyridine rings is 1. The van der Waals surface area contributed by atoms with Crippen molar-refractivity contribution >= 4 is 17.4 Å². The van der Waals surface area contributed by atoms with E-state index in [4.69, 9.17) is 10.8 Å². The maximum absolute atomic E-state index is 8.65. The molecule has 1 aromatic heterocycles. The summed E-state index contributed by atoms with van der Waals surface area (Å²) in [5, 5.41) is 20.5. The third-order valence-corrected chi connectivity index (χ3v) is 5.86. The number of benzene rings is 1. The van der Waals surface area contributed by atoms with Crippen molar-refractivity contribution in [2.24, 2.45) is 4.99 Å². The number of rotatable bonds is 3. The van der Waals surface area contributed by atoms with Crippen LogP contribution in [0.15, 0.2) is 35.5 Å². The summed E-state index contributed by atoms with van der Waals surface area (Å²) < 4.78 is 1.73. The van der Waals surface area contributed by atoms with Crippen molar-refractivity contribution in [2.75, 3.05) is 52.1 Å². The molecule has 0 amide bonds. The first-order valence-corrected chi connectivity index (χ1v) is 10.1. The predicted octanol–water partition coefficient (Wildman–Crippen LogP) is 2.01. The van der Waals surface area contributed by atoms with Crippen LogP contribution in [0.25, 0.3) is 11.1 Å². The number of nitrogens with one attached hydrogen (secondary N) is 3. The van der Waals surface area contributed by atoms with Crippen LogP contribution >= 0.6 is 0 Å². The Hall–Kier alpha value is -2.77. The van der Waals surface area contributed by atoms with Gasteiger partial charge in [-0.3, -0.25) is 25.3 Å². The second-order valence-corrected chi connectivity index (χ2v) is 8.00. The zero-order chi connectivity index (χ0) is 20.5. The molecule has 4 rings (SSSR count). The van der Waals surface area contributed by atoms with Gasteiger partial charge in [0.2, 0.25) is 0 Å². The molecular formula is C22H29N7. The average molecular weight is 392 g/mol. The summed E-state index contributed by atoms with van der Waals surface area (Å²) in [4.78, 5) is 8.87. The van der Waals surface area contributed by atoms with Crippen LogP contribution in [-0.2, 0) is 6.42 Å².